The lowest BCUT2D eigenvalue weighted by Crippen LogP contribution is -2.30. The molecule has 0 amide bonds. The van der Waals surface area contributed by atoms with Crippen LogP contribution in [0.2, 0.25) is 0 Å². The van der Waals surface area contributed by atoms with E-state index in [-0.39, 0.29) is 23.0 Å². The van der Waals surface area contributed by atoms with Gasteiger partial charge in [-0.1, -0.05) is 62.4 Å². The molecular formula is C30H30O4. The van der Waals surface area contributed by atoms with Crippen LogP contribution in [0.1, 0.15) is 48.9 Å². The molecule has 4 N–H and O–H groups in total. The molecule has 4 aromatic rings. The van der Waals surface area contributed by atoms with Crippen molar-refractivity contribution in [1.29, 1.82) is 0 Å². The smallest absolute Gasteiger partial charge is 0.115 e. The maximum Gasteiger partial charge on any atom is 0.115 e. The Hall–Kier alpha value is -3.92. The number of phenols is 4. The van der Waals surface area contributed by atoms with E-state index < -0.39 is 10.8 Å². The van der Waals surface area contributed by atoms with E-state index in [9.17, 15) is 20.4 Å². The summed E-state index contributed by atoms with van der Waals surface area (Å²) >= 11 is 0. The van der Waals surface area contributed by atoms with Crippen molar-refractivity contribution >= 4 is 0 Å². The fraction of sp³-hybridized carbons (Fsp3) is 0.200. The van der Waals surface area contributed by atoms with Gasteiger partial charge in [0.2, 0.25) is 0 Å². The van der Waals surface area contributed by atoms with Crippen molar-refractivity contribution in [2.24, 2.45) is 0 Å². The normalized spacial score (nSPS) is 11.9. The lowest BCUT2D eigenvalue weighted by molar-refractivity contribution is 0.410. The third-order valence-corrected chi connectivity index (χ3v) is 7.14. The van der Waals surface area contributed by atoms with Gasteiger partial charge in [-0.25, -0.2) is 0 Å². The Morgan fingerprint density at radius 3 is 0.735 bits per heavy atom. The lowest BCUT2D eigenvalue weighted by atomic mass is 9.66. The summed E-state index contributed by atoms with van der Waals surface area (Å²) in [6.45, 7) is 4.36. The summed E-state index contributed by atoms with van der Waals surface area (Å²) in [6, 6.07) is 29.2. The van der Waals surface area contributed by atoms with Gasteiger partial charge < -0.3 is 20.4 Å². The summed E-state index contributed by atoms with van der Waals surface area (Å²) in [4.78, 5) is 0. The number of rotatable bonds is 7. The average molecular weight is 455 g/mol. The first-order valence-electron chi connectivity index (χ1n) is 11.4. The van der Waals surface area contributed by atoms with Crippen molar-refractivity contribution in [3.05, 3.63) is 119 Å². The third-order valence-electron chi connectivity index (χ3n) is 7.14. The summed E-state index contributed by atoms with van der Waals surface area (Å²) < 4.78 is 0. The largest absolute Gasteiger partial charge is 0.508 e. The molecule has 0 aliphatic carbocycles. The van der Waals surface area contributed by atoms with Crippen molar-refractivity contribution in [2.45, 2.75) is 37.5 Å². The first-order valence-corrected chi connectivity index (χ1v) is 11.4. The number of aromatic hydroxyl groups is 4. The molecule has 0 heterocycles. The standard InChI is InChI=1S/C30H30O4/c1-29(21-3-11-25(31)12-4-21,22-5-13-26(32)14-6-22)19-20-30(2,23-7-15-27(33)16-8-23)24-9-17-28(34)18-10-24/h3-18,31-34H,19-20H2,1-2H3. The number of hydrogen-bond donors (Lipinski definition) is 4. The quantitative estimate of drug-likeness (QED) is 0.254. The highest BCUT2D eigenvalue weighted by Gasteiger charge is 2.35. The molecule has 0 bridgehead atoms. The van der Waals surface area contributed by atoms with Gasteiger partial charge in [0.15, 0.2) is 0 Å². The van der Waals surface area contributed by atoms with Gasteiger partial charge in [0.05, 0.1) is 0 Å². The average Bonchev–Trinajstić information content (AvgIpc) is 2.84. The predicted octanol–water partition coefficient (Wildman–Crippen LogP) is 6.60. The fourth-order valence-electron chi connectivity index (χ4n) is 4.73. The van der Waals surface area contributed by atoms with Crippen LogP contribution >= 0.6 is 0 Å². The van der Waals surface area contributed by atoms with Gasteiger partial charge >= 0.3 is 0 Å². The summed E-state index contributed by atoms with van der Waals surface area (Å²) in [7, 11) is 0. The highest BCUT2D eigenvalue weighted by Crippen LogP contribution is 2.44. The SMILES string of the molecule is CC(CCC(C)(c1ccc(O)cc1)c1ccc(O)cc1)(c1ccc(O)cc1)c1ccc(O)cc1. The highest BCUT2D eigenvalue weighted by atomic mass is 16.3. The van der Waals surface area contributed by atoms with E-state index in [0.29, 0.717) is 0 Å². The van der Waals surface area contributed by atoms with Gasteiger partial charge in [0.1, 0.15) is 23.0 Å². The second-order valence-corrected chi connectivity index (χ2v) is 9.35. The lowest BCUT2D eigenvalue weighted by Gasteiger charge is -2.37. The molecule has 0 spiro atoms. The van der Waals surface area contributed by atoms with E-state index in [4.69, 9.17) is 0 Å². The van der Waals surface area contributed by atoms with E-state index in [1.54, 1.807) is 48.5 Å². The van der Waals surface area contributed by atoms with Crippen LogP contribution in [-0.2, 0) is 10.8 Å². The molecule has 4 rings (SSSR count). The second kappa shape index (κ2) is 9.14. The molecule has 0 unspecified atom stereocenters. The third kappa shape index (κ3) is 4.58. The topological polar surface area (TPSA) is 80.9 Å². The van der Waals surface area contributed by atoms with Gasteiger partial charge in [0, 0.05) is 10.8 Å². The molecule has 174 valence electrons. The van der Waals surface area contributed by atoms with Crippen LogP contribution in [0, 0.1) is 0 Å². The van der Waals surface area contributed by atoms with Crippen LogP contribution in [0.25, 0.3) is 0 Å². The van der Waals surface area contributed by atoms with Crippen LogP contribution in [0.5, 0.6) is 23.0 Å². The van der Waals surface area contributed by atoms with E-state index in [2.05, 4.69) is 13.8 Å². The maximum atomic E-state index is 9.86. The van der Waals surface area contributed by atoms with Crippen LogP contribution in [0.15, 0.2) is 97.1 Å². The van der Waals surface area contributed by atoms with E-state index in [0.717, 1.165) is 35.1 Å². The molecular weight excluding hydrogens is 424 g/mol. The molecule has 0 aromatic heterocycles. The Balaban J connectivity index is 1.78. The Kier molecular flexibility index (Phi) is 6.25. The summed E-state index contributed by atoms with van der Waals surface area (Å²) in [5, 5.41) is 39.4. The molecule has 0 saturated carbocycles. The van der Waals surface area contributed by atoms with Gasteiger partial charge in [0.25, 0.3) is 0 Å². The number of phenolic OH excluding ortho intramolecular Hbond substituents is 4. The first-order chi connectivity index (χ1) is 16.2. The van der Waals surface area contributed by atoms with Crippen LogP contribution in [0.3, 0.4) is 0 Å². The van der Waals surface area contributed by atoms with Crippen molar-refractivity contribution in [2.75, 3.05) is 0 Å². The summed E-state index contributed by atoms with van der Waals surface area (Å²) in [5.41, 5.74) is 3.47. The van der Waals surface area contributed by atoms with Crippen LogP contribution < -0.4 is 0 Å². The van der Waals surface area contributed by atoms with E-state index in [1.807, 2.05) is 48.5 Å². The molecule has 4 aromatic carbocycles. The van der Waals surface area contributed by atoms with E-state index in [1.165, 1.54) is 0 Å². The minimum absolute atomic E-state index is 0.217. The van der Waals surface area contributed by atoms with Gasteiger partial charge in [-0.3, -0.25) is 0 Å². The highest BCUT2D eigenvalue weighted by molar-refractivity contribution is 5.45. The summed E-state index contributed by atoms with van der Waals surface area (Å²) in [6.07, 6.45) is 1.53. The first kappa shape index (κ1) is 23.2. The minimum Gasteiger partial charge on any atom is -0.508 e. The molecule has 0 atom stereocenters. The van der Waals surface area contributed by atoms with E-state index >= 15 is 0 Å². The van der Waals surface area contributed by atoms with Gasteiger partial charge in [-0.05, 0) is 83.6 Å². The van der Waals surface area contributed by atoms with Gasteiger partial charge in [-0.15, -0.1) is 0 Å². The Bertz CT molecular complexity index is 1030. The molecule has 4 heteroatoms. The monoisotopic (exact) mass is 454 g/mol. The second-order valence-electron chi connectivity index (χ2n) is 9.35. The predicted molar refractivity (Wildman–Crippen MR) is 135 cm³/mol. The fourth-order valence-corrected chi connectivity index (χ4v) is 4.73. The van der Waals surface area contributed by atoms with Crippen molar-refractivity contribution < 1.29 is 20.4 Å². The molecule has 0 fully saturated rings. The van der Waals surface area contributed by atoms with Crippen molar-refractivity contribution in [1.82, 2.24) is 0 Å². The zero-order valence-corrected chi connectivity index (χ0v) is 19.4. The number of benzene rings is 4. The minimum atomic E-state index is -0.392. The zero-order chi connectivity index (χ0) is 24.3. The van der Waals surface area contributed by atoms with Crippen LogP contribution in [0.4, 0.5) is 0 Å². The molecule has 34 heavy (non-hydrogen) atoms. The van der Waals surface area contributed by atoms with Gasteiger partial charge in [-0.2, -0.15) is 0 Å². The molecule has 0 aliphatic heterocycles. The molecule has 0 radical (unpaired) electrons. The maximum absolute atomic E-state index is 9.86. The Labute approximate surface area is 200 Å². The Morgan fingerprint density at radius 1 is 0.382 bits per heavy atom. The molecule has 0 aliphatic rings. The molecule has 4 nitrogen and oxygen atoms in total. The summed E-state index contributed by atoms with van der Waals surface area (Å²) in [5.74, 6) is 0.870. The number of hydrogen-bond acceptors (Lipinski definition) is 4. The van der Waals surface area contributed by atoms with Crippen molar-refractivity contribution in [3.8, 4) is 23.0 Å². The zero-order valence-electron chi connectivity index (χ0n) is 19.4. The van der Waals surface area contributed by atoms with Crippen LogP contribution in [-0.4, -0.2) is 20.4 Å². The Morgan fingerprint density at radius 2 is 0.559 bits per heavy atom. The van der Waals surface area contributed by atoms with Crippen molar-refractivity contribution in [3.63, 3.8) is 0 Å². The molecule has 0 saturated heterocycles.